The Morgan fingerprint density at radius 1 is 1.15 bits per heavy atom. The molecule has 1 aliphatic carbocycles. The van der Waals surface area contributed by atoms with Crippen LogP contribution in [0.2, 0.25) is 0 Å². The van der Waals surface area contributed by atoms with Crippen molar-refractivity contribution in [2.45, 2.75) is 63.6 Å². The Hall–Kier alpha value is -1.11. The molecule has 3 N–H and O–H groups in total. The number of alkyl carbamates (subject to hydrolysis) is 1. The topological polar surface area (TPSA) is 88.0 Å². The largest absolute Gasteiger partial charge is 0.442 e. The summed E-state index contributed by atoms with van der Waals surface area (Å²) in [5, 5.41) is 22.2. The molecule has 0 heterocycles. The Kier molecular flexibility index (Phi) is 5.98. The number of aliphatic hydroxyl groups is 2. The molecule has 4 atom stereocenters. The van der Waals surface area contributed by atoms with Crippen LogP contribution in [0, 0.1) is 0 Å². The van der Waals surface area contributed by atoms with Crippen molar-refractivity contribution in [1.29, 1.82) is 0 Å². The van der Waals surface area contributed by atoms with Gasteiger partial charge in [0, 0.05) is 19.9 Å². The lowest BCUT2D eigenvalue weighted by atomic mass is 9.96. The molecule has 0 spiro atoms. The van der Waals surface area contributed by atoms with Gasteiger partial charge in [0.2, 0.25) is 0 Å². The van der Waals surface area contributed by atoms with E-state index in [1.165, 1.54) is 7.05 Å². The fourth-order valence-electron chi connectivity index (χ4n) is 2.02. The number of hydrogen-bond acceptors (Lipinski definition) is 5. The third-order valence-corrected chi connectivity index (χ3v) is 2.90. The standard InChI is InChI=1S/C14H25NO5/c1-14(2,3)20-10-6-5-9(19-13(18)15-4)7-11(16)12(17)8-10/h5-6,9-12,16-17H,7-8H2,1-4H3,(H,15,18)/b6-5+. The average Bonchev–Trinajstić information content (AvgIpc) is 2.32. The lowest BCUT2D eigenvalue weighted by molar-refractivity contribution is -0.0806. The molecule has 0 fully saturated rings. The molecule has 4 unspecified atom stereocenters. The minimum absolute atomic E-state index is 0.160. The first kappa shape index (κ1) is 16.9. The zero-order chi connectivity index (χ0) is 15.3. The Labute approximate surface area is 119 Å². The molecule has 1 amide bonds. The van der Waals surface area contributed by atoms with Crippen LogP contribution in [0.4, 0.5) is 4.79 Å². The van der Waals surface area contributed by atoms with Gasteiger partial charge in [-0.3, -0.25) is 0 Å². The average molecular weight is 287 g/mol. The first-order chi connectivity index (χ1) is 9.21. The van der Waals surface area contributed by atoms with E-state index in [1.54, 1.807) is 12.2 Å². The van der Waals surface area contributed by atoms with Crippen LogP contribution in [0.1, 0.15) is 33.6 Å². The second-order valence-corrected chi connectivity index (χ2v) is 5.95. The van der Waals surface area contributed by atoms with E-state index >= 15 is 0 Å². The van der Waals surface area contributed by atoms with Crippen molar-refractivity contribution < 1.29 is 24.5 Å². The molecule has 0 aromatic carbocycles. The molecular formula is C14H25NO5. The molecule has 6 heteroatoms. The third-order valence-electron chi connectivity index (χ3n) is 2.90. The number of carbonyl (C=O) groups excluding carboxylic acids is 1. The van der Waals surface area contributed by atoms with Gasteiger partial charge in [0.05, 0.1) is 23.9 Å². The maximum Gasteiger partial charge on any atom is 0.407 e. The normalized spacial score (nSPS) is 32.9. The quantitative estimate of drug-likeness (QED) is 0.659. The SMILES string of the molecule is CNC(=O)OC1/C=C/C(OC(C)(C)C)CC(O)C(O)C1. The van der Waals surface area contributed by atoms with E-state index in [0.29, 0.717) is 6.42 Å². The highest BCUT2D eigenvalue weighted by Crippen LogP contribution is 2.21. The number of carbonyl (C=O) groups is 1. The Balaban J connectivity index is 2.78. The molecular weight excluding hydrogens is 262 g/mol. The first-order valence-corrected chi connectivity index (χ1v) is 6.82. The fourth-order valence-corrected chi connectivity index (χ4v) is 2.02. The number of ether oxygens (including phenoxy) is 2. The lowest BCUT2D eigenvalue weighted by Gasteiger charge is -2.31. The van der Waals surface area contributed by atoms with Crippen molar-refractivity contribution in [2.24, 2.45) is 0 Å². The van der Waals surface area contributed by atoms with Gasteiger partial charge < -0.3 is 25.0 Å². The maximum atomic E-state index is 11.2. The number of hydrogen-bond donors (Lipinski definition) is 3. The molecule has 1 rings (SSSR count). The van der Waals surface area contributed by atoms with E-state index in [-0.39, 0.29) is 18.1 Å². The van der Waals surface area contributed by atoms with Crippen molar-refractivity contribution in [3.63, 3.8) is 0 Å². The highest BCUT2D eigenvalue weighted by molar-refractivity contribution is 5.67. The number of nitrogens with one attached hydrogen (secondary N) is 1. The van der Waals surface area contributed by atoms with E-state index in [1.807, 2.05) is 20.8 Å². The van der Waals surface area contributed by atoms with Crippen LogP contribution >= 0.6 is 0 Å². The number of rotatable bonds is 2. The van der Waals surface area contributed by atoms with Gasteiger partial charge in [-0.2, -0.15) is 0 Å². The summed E-state index contributed by atoms with van der Waals surface area (Å²) in [6.45, 7) is 5.75. The van der Waals surface area contributed by atoms with Gasteiger partial charge in [-0.25, -0.2) is 4.79 Å². The third kappa shape index (κ3) is 5.90. The highest BCUT2D eigenvalue weighted by atomic mass is 16.6. The van der Waals surface area contributed by atoms with Crippen molar-refractivity contribution in [3.8, 4) is 0 Å². The number of aliphatic hydroxyl groups excluding tert-OH is 2. The summed E-state index contributed by atoms with van der Waals surface area (Å²) in [6, 6.07) is 0. The van der Waals surface area contributed by atoms with Crippen LogP contribution in [0.25, 0.3) is 0 Å². The Morgan fingerprint density at radius 2 is 1.65 bits per heavy atom. The van der Waals surface area contributed by atoms with E-state index in [2.05, 4.69) is 5.32 Å². The zero-order valence-corrected chi connectivity index (χ0v) is 12.5. The first-order valence-electron chi connectivity index (χ1n) is 6.82. The summed E-state index contributed by atoms with van der Waals surface area (Å²) in [5.74, 6) is 0. The molecule has 1 aliphatic rings. The smallest absolute Gasteiger partial charge is 0.407 e. The minimum atomic E-state index is -0.958. The van der Waals surface area contributed by atoms with Crippen LogP contribution < -0.4 is 5.32 Å². The molecule has 0 saturated heterocycles. The second kappa shape index (κ2) is 7.06. The summed E-state index contributed by atoms with van der Waals surface area (Å²) < 4.78 is 10.9. The van der Waals surface area contributed by atoms with Crippen LogP contribution in [-0.2, 0) is 9.47 Å². The van der Waals surface area contributed by atoms with Gasteiger partial charge in [0.15, 0.2) is 0 Å². The van der Waals surface area contributed by atoms with Gasteiger partial charge >= 0.3 is 6.09 Å². The van der Waals surface area contributed by atoms with Crippen molar-refractivity contribution in [2.75, 3.05) is 7.05 Å². The Bertz CT molecular complexity index is 350. The van der Waals surface area contributed by atoms with Crippen LogP contribution in [0.15, 0.2) is 12.2 Å². The van der Waals surface area contributed by atoms with Crippen LogP contribution in [0.3, 0.4) is 0 Å². The molecule has 0 aromatic heterocycles. The molecule has 0 radical (unpaired) electrons. The van der Waals surface area contributed by atoms with Gasteiger partial charge in [-0.15, -0.1) is 0 Å². The van der Waals surface area contributed by atoms with Gasteiger partial charge in [-0.05, 0) is 26.8 Å². The summed E-state index contributed by atoms with van der Waals surface area (Å²) >= 11 is 0. The number of amides is 1. The predicted molar refractivity (Wildman–Crippen MR) is 74.3 cm³/mol. The van der Waals surface area contributed by atoms with Gasteiger partial charge in [-0.1, -0.05) is 6.08 Å². The van der Waals surface area contributed by atoms with Crippen molar-refractivity contribution >= 4 is 6.09 Å². The molecule has 0 bridgehead atoms. The highest BCUT2D eigenvalue weighted by Gasteiger charge is 2.29. The van der Waals surface area contributed by atoms with Crippen LogP contribution in [-0.4, -0.2) is 53.4 Å². The fraction of sp³-hybridized carbons (Fsp3) is 0.786. The van der Waals surface area contributed by atoms with Crippen molar-refractivity contribution in [1.82, 2.24) is 5.32 Å². The van der Waals surface area contributed by atoms with Crippen molar-refractivity contribution in [3.05, 3.63) is 12.2 Å². The molecule has 20 heavy (non-hydrogen) atoms. The van der Waals surface area contributed by atoms with Crippen LogP contribution in [0.5, 0.6) is 0 Å². The summed E-state index contributed by atoms with van der Waals surface area (Å²) in [7, 11) is 1.46. The summed E-state index contributed by atoms with van der Waals surface area (Å²) in [5.41, 5.74) is -0.365. The molecule has 0 aromatic rings. The predicted octanol–water partition coefficient (Wildman–Crippen LogP) is 0.966. The molecule has 0 saturated carbocycles. The zero-order valence-electron chi connectivity index (χ0n) is 12.5. The van der Waals surface area contributed by atoms with E-state index in [0.717, 1.165) is 0 Å². The maximum absolute atomic E-state index is 11.2. The summed E-state index contributed by atoms with van der Waals surface area (Å²) in [4.78, 5) is 11.2. The monoisotopic (exact) mass is 287 g/mol. The molecule has 6 nitrogen and oxygen atoms in total. The lowest BCUT2D eigenvalue weighted by Crippen LogP contribution is -2.38. The summed E-state index contributed by atoms with van der Waals surface area (Å²) in [6.07, 6.45) is 0.560. The molecule has 0 aliphatic heterocycles. The Morgan fingerprint density at radius 3 is 2.15 bits per heavy atom. The van der Waals surface area contributed by atoms with E-state index in [9.17, 15) is 15.0 Å². The van der Waals surface area contributed by atoms with Gasteiger partial charge in [0.25, 0.3) is 0 Å². The van der Waals surface area contributed by atoms with E-state index in [4.69, 9.17) is 9.47 Å². The second-order valence-electron chi connectivity index (χ2n) is 5.95. The minimum Gasteiger partial charge on any atom is -0.442 e. The molecule has 116 valence electrons. The van der Waals surface area contributed by atoms with Gasteiger partial charge in [0.1, 0.15) is 6.10 Å². The van der Waals surface area contributed by atoms with E-state index < -0.39 is 24.4 Å².